The fourth-order valence-electron chi connectivity index (χ4n) is 3.05. The van der Waals surface area contributed by atoms with Crippen molar-refractivity contribution in [2.24, 2.45) is 0 Å². The van der Waals surface area contributed by atoms with E-state index in [-0.39, 0.29) is 18.0 Å². The standard InChI is InChI=1S/C16H22N4O5S/c1-10-15(21)18-13-8-11(5-6-14(13)25-10)17-16(22)20-7-3-4-12(9-20)19-26(2,23)24/h5-6,8,10,12,19H,3-4,7,9H2,1-2H3,(H,17,22)(H,18,21)/t10-,12-/m0/s1. The normalized spacial score (nSPS) is 22.8. The molecule has 1 aromatic carbocycles. The minimum atomic E-state index is -3.31. The smallest absolute Gasteiger partial charge is 0.321 e. The van der Waals surface area contributed by atoms with Crippen LogP contribution in [0.1, 0.15) is 19.8 Å². The number of nitrogens with zero attached hydrogens (tertiary/aromatic N) is 1. The molecule has 1 saturated heterocycles. The summed E-state index contributed by atoms with van der Waals surface area (Å²) in [5.41, 5.74) is 1.02. The van der Waals surface area contributed by atoms with Crippen molar-refractivity contribution in [3.63, 3.8) is 0 Å². The molecule has 0 spiro atoms. The third-order valence-electron chi connectivity index (χ3n) is 4.25. The highest BCUT2D eigenvalue weighted by Crippen LogP contribution is 2.32. The van der Waals surface area contributed by atoms with Crippen molar-refractivity contribution in [1.82, 2.24) is 9.62 Å². The summed E-state index contributed by atoms with van der Waals surface area (Å²) in [6.07, 6.45) is 1.95. The Hall–Kier alpha value is -2.33. The zero-order valence-corrected chi connectivity index (χ0v) is 15.4. The van der Waals surface area contributed by atoms with Crippen LogP contribution in [0.15, 0.2) is 18.2 Å². The van der Waals surface area contributed by atoms with Crippen molar-refractivity contribution >= 4 is 33.3 Å². The molecule has 0 aliphatic carbocycles. The molecule has 0 radical (unpaired) electrons. The van der Waals surface area contributed by atoms with Gasteiger partial charge in [-0.25, -0.2) is 17.9 Å². The minimum Gasteiger partial charge on any atom is -0.479 e. The second-order valence-electron chi connectivity index (χ2n) is 6.57. The van der Waals surface area contributed by atoms with Crippen LogP contribution in [-0.4, -0.2) is 56.7 Å². The van der Waals surface area contributed by atoms with Gasteiger partial charge in [0.2, 0.25) is 10.0 Å². The highest BCUT2D eigenvalue weighted by molar-refractivity contribution is 7.88. The van der Waals surface area contributed by atoms with Crippen LogP contribution >= 0.6 is 0 Å². The Bertz CT molecular complexity index is 826. The predicted octanol–water partition coefficient (Wildman–Crippen LogP) is 0.952. The summed E-state index contributed by atoms with van der Waals surface area (Å²) in [5, 5.41) is 5.50. The quantitative estimate of drug-likeness (QED) is 0.720. The van der Waals surface area contributed by atoms with Gasteiger partial charge in [-0.05, 0) is 38.0 Å². The summed E-state index contributed by atoms with van der Waals surface area (Å²) in [7, 11) is -3.31. The van der Waals surface area contributed by atoms with E-state index in [1.165, 1.54) is 0 Å². The largest absolute Gasteiger partial charge is 0.479 e. The average molecular weight is 382 g/mol. The first-order chi connectivity index (χ1) is 12.2. The molecular formula is C16H22N4O5S. The Morgan fingerprint density at radius 1 is 1.38 bits per heavy atom. The summed E-state index contributed by atoms with van der Waals surface area (Å²) in [5.74, 6) is 0.303. The lowest BCUT2D eigenvalue weighted by Gasteiger charge is -2.32. The molecule has 2 aliphatic heterocycles. The molecule has 0 unspecified atom stereocenters. The molecule has 3 amide bonds. The lowest BCUT2D eigenvalue weighted by molar-refractivity contribution is -0.122. The van der Waals surface area contributed by atoms with Gasteiger partial charge in [-0.2, -0.15) is 0 Å². The zero-order chi connectivity index (χ0) is 18.9. The van der Waals surface area contributed by atoms with E-state index in [0.29, 0.717) is 43.1 Å². The molecule has 3 N–H and O–H groups in total. The molecule has 2 heterocycles. The lowest BCUT2D eigenvalue weighted by atomic mass is 10.1. The van der Waals surface area contributed by atoms with Crippen LogP contribution in [0.4, 0.5) is 16.2 Å². The van der Waals surface area contributed by atoms with Crippen molar-refractivity contribution in [3.8, 4) is 5.75 Å². The summed E-state index contributed by atoms with van der Waals surface area (Å²) in [6, 6.07) is 4.40. The van der Waals surface area contributed by atoms with Gasteiger partial charge in [-0.3, -0.25) is 4.79 Å². The molecule has 1 fully saturated rings. The molecule has 2 aliphatic rings. The number of fused-ring (bicyclic) bond motifs is 1. The van der Waals surface area contributed by atoms with Crippen molar-refractivity contribution in [3.05, 3.63) is 18.2 Å². The van der Waals surface area contributed by atoms with Crippen LogP contribution in [0.2, 0.25) is 0 Å². The number of ether oxygens (including phenoxy) is 1. The number of likely N-dealkylation sites (tertiary alicyclic amines) is 1. The van der Waals surface area contributed by atoms with Crippen LogP contribution in [0.25, 0.3) is 0 Å². The molecule has 9 nitrogen and oxygen atoms in total. The molecule has 0 bridgehead atoms. The Balaban J connectivity index is 1.65. The second-order valence-corrected chi connectivity index (χ2v) is 8.35. The Kier molecular flexibility index (Phi) is 5.05. The number of sulfonamides is 1. The number of piperidine rings is 1. The molecule has 3 rings (SSSR count). The molecule has 2 atom stereocenters. The van der Waals surface area contributed by atoms with Crippen LogP contribution in [0.3, 0.4) is 0 Å². The highest BCUT2D eigenvalue weighted by Gasteiger charge is 2.27. The SMILES string of the molecule is C[C@@H]1Oc2ccc(NC(=O)N3CCC[C@H](NS(C)(=O)=O)C3)cc2NC1=O. The number of rotatable bonds is 3. The van der Waals surface area contributed by atoms with Crippen LogP contribution in [0.5, 0.6) is 5.75 Å². The minimum absolute atomic E-state index is 0.244. The van der Waals surface area contributed by atoms with E-state index in [2.05, 4.69) is 15.4 Å². The number of carbonyl (C=O) groups excluding carboxylic acids is 2. The fraction of sp³-hybridized carbons (Fsp3) is 0.500. The van der Waals surface area contributed by atoms with Crippen molar-refractivity contribution in [1.29, 1.82) is 0 Å². The van der Waals surface area contributed by atoms with Gasteiger partial charge in [0.25, 0.3) is 5.91 Å². The van der Waals surface area contributed by atoms with Gasteiger partial charge in [0.1, 0.15) is 5.75 Å². The first kappa shape index (κ1) is 18.5. The molecule has 1 aromatic rings. The molecule has 26 heavy (non-hydrogen) atoms. The van der Waals surface area contributed by atoms with Gasteiger partial charge in [0, 0.05) is 24.8 Å². The van der Waals surface area contributed by atoms with Gasteiger partial charge in [0.15, 0.2) is 6.10 Å². The number of benzene rings is 1. The summed E-state index contributed by atoms with van der Waals surface area (Å²) in [4.78, 5) is 25.8. The summed E-state index contributed by atoms with van der Waals surface area (Å²) < 4.78 is 30.8. The van der Waals surface area contributed by atoms with E-state index in [0.717, 1.165) is 6.26 Å². The molecule has 142 valence electrons. The Labute approximate surface area is 152 Å². The fourth-order valence-corrected chi connectivity index (χ4v) is 3.85. The number of hydrogen-bond donors (Lipinski definition) is 3. The maximum Gasteiger partial charge on any atom is 0.321 e. The van der Waals surface area contributed by atoms with Gasteiger partial charge >= 0.3 is 6.03 Å². The molecule has 10 heteroatoms. The lowest BCUT2D eigenvalue weighted by Crippen LogP contribution is -2.50. The maximum absolute atomic E-state index is 12.5. The monoisotopic (exact) mass is 382 g/mol. The number of nitrogens with one attached hydrogen (secondary N) is 3. The first-order valence-corrected chi connectivity index (χ1v) is 10.3. The topological polar surface area (TPSA) is 117 Å². The molecule has 0 aromatic heterocycles. The van der Waals surface area contributed by atoms with E-state index >= 15 is 0 Å². The van der Waals surface area contributed by atoms with Crippen LogP contribution < -0.4 is 20.1 Å². The molecule has 0 saturated carbocycles. The number of urea groups is 1. The van der Waals surface area contributed by atoms with Crippen molar-refractivity contribution in [2.75, 3.05) is 30.0 Å². The van der Waals surface area contributed by atoms with E-state index in [1.807, 2.05) is 0 Å². The second kappa shape index (κ2) is 7.12. The van der Waals surface area contributed by atoms with E-state index in [1.54, 1.807) is 30.0 Å². The predicted molar refractivity (Wildman–Crippen MR) is 96.8 cm³/mol. The van der Waals surface area contributed by atoms with Crippen molar-refractivity contribution in [2.45, 2.75) is 31.9 Å². The first-order valence-electron chi connectivity index (χ1n) is 8.36. The number of carbonyl (C=O) groups is 2. The van der Waals surface area contributed by atoms with E-state index < -0.39 is 16.1 Å². The summed E-state index contributed by atoms with van der Waals surface area (Å²) >= 11 is 0. The van der Waals surface area contributed by atoms with Crippen molar-refractivity contribution < 1.29 is 22.7 Å². The highest BCUT2D eigenvalue weighted by atomic mass is 32.2. The molecular weight excluding hydrogens is 360 g/mol. The maximum atomic E-state index is 12.5. The Morgan fingerprint density at radius 3 is 2.88 bits per heavy atom. The van der Waals surface area contributed by atoms with Crippen LogP contribution in [-0.2, 0) is 14.8 Å². The number of anilines is 2. The van der Waals surface area contributed by atoms with Gasteiger partial charge in [0.05, 0.1) is 11.9 Å². The number of hydrogen-bond acceptors (Lipinski definition) is 5. The van der Waals surface area contributed by atoms with E-state index in [9.17, 15) is 18.0 Å². The average Bonchev–Trinajstić information content (AvgIpc) is 2.55. The van der Waals surface area contributed by atoms with E-state index in [4.69, 9.17) is 4.74 Å². The van der Waals surface area contributed by atoms with Gasteiger partial charge in [-0.15, -0.1) is 0 Å². The number of amides is 3. The van der Waals surface area contributed by atoms with Gasteiger partial charge < -0.3 is 20.3 Å². The summed E-state index contributed by atoms with van der Waals surface area (Å²) in [6.45, 7) is 2.52. The Morgan fingerprint density at radius 2 is 2.15 bits per heavy atom. The third kappa shape index (κ3) is 4.44. The van der Waals surface area contributed by atoms with Crippen LogP contribution in [0, 0.1) is 0 Å². The zero-order valence-electron chi connectivity index (χ0n) is 14.6. The van der Waals surface area contributed by atoms with Gasteiger partial charge in [-0.1, -0.05) is 0 Å². The third-order valence-corrected chi connectivity index (χ3v) is 5.01.